The van der Waals surface area contributed by atoms with Gasteiger partial charge >= 0.3 is 0 Å². The van der Waals surface area contributed by atoms with Gasteiger partial charge in [-0.1, -0.05) is 30.4 Å². The van der Waals surface area contributed by atoms with Crippen LogP contribution in [0.25, 0.3) is 0 Å². The summed E-state index contributed by atoms with van der Waals surface area (Å²) in [4.78, 5) is 14.4. The number of hydrogen-bond acceptors (Lipinski definition) is 3. The van der Waals surface area contributed by atoms with Crippen molar-refractivity contribution < 1.29 is 9.53 Å². The molecule has 96 valence electrons. The van der Waals surface area contributed by atoms with E-state index in [9.17, 15) is 4.79 Å². The van der Waals surface area contributed by atoms with Gasteiger partial charge < -0.3 is 15.4 Å². The molecule has 1 heterocycles. The van der Waals surface area contributed by atoms with Gasteiger partial charge in [-0.25, -0.2) is 0 Å². The van der Waals surface area contributed by atoms with Crippen molar-refractivity contribution in [3.05, 3.63) is 29.8 Å². The quantitative estimate of drug-likeness (QED) is 0.833. The lowest BCUT2D eigenvalue weighted by Crippen LogP contribution is -2.34. The van der Waals surface area contributed by atoms with Gasteiger partial charge in [0.25, 0.3) is 0 Å². The monoisotopic (exact) mass is 264 g/mol. The zero-order chi connectivity index (χ0) is 13.1. The first-order chi connectivity index (χ1) is 8.59. The number of amides is 1. The fourth-order valence-corrected chi connectivity index (χ4v) is 2.11. The molecule has 18 heavy (non-hydrogen) atoms. The molecule has 1 aromatic rings. The molecule has 1 amide bonds. The summed E-state index contributed by atoms with van der Waals surface area (Å²) in [7, 11) is 1.77. The minimum absolute atomic E-state index is 0.0520. The lowest BCUT2D eigenvalue weighted by atomic mass is 10.00. The Bertz CT molecular complexity index is 476. The van der Waals surface area contributed by atoms with Crippen LogP contribution in [-0.4, -0.2) is 36.0 Å². The topological polar surface area (TPSA) is 55.6 Å². The lowest BCUT2D eigenvalue weighted by molar-refractivity contribution is -0.131. The predicted molar refractivity (Wildman–Crippen MR) is 73.7 cm³/mol. The molecule has 2 rings (SSSR count). The van der Waals surface area contributed by atoms with Gasteiger partial charge in [0.15, 0.2) is 0 Å². The third kappa shape index (κ3) is 2.61. The number of nitrogens with two attached hydrogens (primary N) is 1. The van der Waals surface area contributed by atoms with Crippen LogP contribution in [0.4, 0.5) is 0 Å². The number of para-hydroxylation sites is 1. The summed E-state index contributed by atoms with van der Waals surface area (Å²) in [6.07, 6.45) is 0.548. The molecule has 0 saturated heterocycles. The standard InChI is InChI=1S/C13H16N2O2S/c1-15(7-6-12(14)18)13(16)10-8-17-11-5-3-2-4-9(10)11/h2-5,10H,6-8H2,1H3,(H2,14,18). The van der Waals surface area contributed by atoms with E-state index in [0.29, 0.717) is 24.6 Å². The molecule has 2 N–H and O–H groups in total. The maximum absolute atomic E-state index is 12.3. The second-order valence-electron chi connectivity index (χ2n) is 4.38. The minimum Gasteiger partial charge on any atom is -0.492 e. The number of likely N-dealkylation sites (N-methyl/N-ethyl adjacent to an activating group) is 1. The summed E-state index contributed by atoms with van der Waals surface area (Å²) in [5.74, 6) is 0.646. The van der Waals surface area contributed by atoms with Gasteiger partial charge in [0.2, 0.25) is 5.91 Å². The van der Waals surface area contributed by atoms with E-state index in [2.05, 4.69) is 0 Å². The Balaban J connectivity index is 2.05. The lowest BCUT2D eigenvalue weighted by Gasteiger charge is -2.20. The Morgan fingerprint density at radius 2 is 2.28 bits per heavy atom. The van der Waals surface area contributed by atoms with Crippen molar-refractivity contribution in [1.82, 2.24) is 4.90 Å². The molecule has 0 bridgehead atoms. The summed E-state index contributed by atoms with van der Waals surface area (Å²) in [5.41, 5.74) is 6.40. The van der Waals surface area contributed by atoms with Crippen molar-refractivity contribution >= 4 is 23.1 Å². The van der Waals surface area contributed by atoms with E-state index in [1.54, 1.807) is 11.9 Å². The van der Waals surface area contributed by atoms with Crippen LogP contribution in [0.5, 0.6) is 5.75 Å². The van der Waals surface area contributed by atoms with Crippen LogP contribution in [0.2, 0.25) is 0 Å². The van der Waals surface area contributed by atoms with Crippen molar-refractivity contribution in [1.29, 1.82) is 0 Å². The maximum Gasteiger partial charge on any atom is 0.233 e. The Morgan fingerprint density at radius 3 is 3.00 bits per heavy atom. The summed E-state index contributed by atoms with van der Waals surface area (Å²) < 4.78 is 5.51. The van der Waals surface area contributed by atoms with Crippen LogP contribution >= 0.6 is 12.2 Å². The van der Waals surface area contributed by atoms with Crippen molar-refractivity contribution in [3.8, 4) is 5.75 Å². The van der Waals surface area contributed by atoms with Crippen LogP contribution in [0.15, 0.2) is 24.3 Å². The van der Waals surface area contributed by atoms with Crippen LogP contribution in [0.1, 0.15) is 17.9 Å². The summed E-state index contributed by atoms with van der Waals surface area (Å²) in [6.45, 7) is 0.961. The van der Waals surface area contributed by atoms with E-state index in [-0.39, 0.29) is 11.8 Å². The molecule has 1 aliphatic heterocycles. The van der Waals surface area contributed by atoms with Crippen LogP contribution in [0.3, 0.4) is 0 Å². The average Bonchev–Trinajstić information content (AvgIpc) is 2.78. The third-order valence-electron chi connectivity index (χ3n) is 3.07. The SMILES string of the molecule is CN(CCC(N)=S)C(=O)C1COc2ccccc21. The smallest absolute Gasteiger partial charge is 0.233 e. The molecule has 0 saturated carbocycles. The maximum atomic E-state index is 12.3. The highest BCUT2D eigenvalue weighted by Crippen LogP contribution is 2.34. The molecule has 1 aliphatic rings. The first-order valence-electron chi connectivity index (χ1n) is 5.84. The van der Waals surface area contributed by atoms with E-state index < -0.39 is 0 Å². The molecule has 1 unspecified atom stereocenters. The van der Waals surface area contributed by atoms with Crippen molar-refractivity contribution in [2.45, 2.75) is 12.3 Å². The van der Waals surface area contributed by atoms with E-state index in [0.717, 1.165) is 11.3 Å². The van der Waals surface area contributed by atoms with Crippen molar-refractivity contribution in [2.24, 2.45) is 5.73 Å². The minimum atomic E-state index is -0.211. The molecule has 0 radical (unpaired) electrons. The van der Waals surface area contributed by atoms with Crippen LogP contribution in [0, 0.1) is 0 Å². The molecule has 0 aromatic heterocycles. The molecular formula is C13H16N2O2S. The second-order valence-corrected chi connectivity index (χ2v) is 4.90. The first-order valence-corrected chi connectivity index (χ1v) is 6.25. The van der Waals surface area contributed by atoms with Gasteiger partial charge in [-0.05, 0) is 6.07 Å². The zero-order valence-electron chi connectivity index (χ0n) is 10.3. The molecule has 0 aliphatic carbocycles. The molecular weight excluding hydrogens is 248 g/mol. The first kappa shape index (κ1) is 12.8. The largest absolute Gasteiger partial charge is 0.492 e. The normalized spacial score (nSPS) is 16.8. The number of fused-ring (bicyclic) bond motifs is 1. The highest BCUT2D eigenvalue weighted by Gasteiger charge is 2.31. The summed E-state index contributed by atoms with van der Waals surface area (Å²) in [5, 5.41) is 0. The predicted octanol–water partition coefficient (Wildman–Crippen LogP) is 1.30. The van der Waals surface area contributed by atoms with Gasteiger partial charge in [-0.2, -0.15) is 0 Å². The number of hydrogen-bond donors (Lipinski definition) is 1. The van der Waals surface area contributed by atoms with E-state index in [4.69, 9.17) is 22.7 Å². The van der Waals surface area contributed by atoms with Crippen LogP contribution < -0.4 is 10.5 Å². The summed E-state index contributed by atoms with van der Waals surface area (Å²) in [6, 6.07) is 7.65. The highest BCUT2D eigenvalue weighted by atomic mass is 32.1. The molecule has 1 atom stereocenters. The van der Waals surface area contributed by atoms with Crippen LogP contribution in [-0.2, 0) is 4.79 Å². The fourth-order valence-electron chi connectivity index (χ4n) is 2.02. The van der Waals surface area contributed by atoms with E-state index in [1.165, 1.54) is 0 Å². The molecule has 5 heteroatoms. The molecule has 1 aromatic carbocycles. The number of rotatable bonds is 4. The fraction of sp³-hybridized carbons (Fsp3) is 0.385. The number of thiocarbonyl (C=S) groups is 1. The van der Waals surface area contributed by atoms with Gasteiger partial charge in [-0.3, -0.25) is 4.79 Å². The van der Waals surface area contributed by atoms with Gasteiger partial charge in [0, 0.05) is 25.6 Å². The molecule has 4 nitrogen and oxygen atoms in total. The number of benzene rings is 1. The van der Waals surface area contributed by atoms with Gasteiger partial charge in [0.05, 0.1) is 4.99 Å². The molecule has 0 fully saturated rings. The second kappa shape index (κ2) is 5.35. The van der Waals surface area contributed by atoms with Crippen molar-refractivity contribution in [3.63, 3.8) is 0 Å². The highest BCUT2D eigenvalue weighted by molar-refractivity contribution is 7.80. The third-order valence-corrected chi connectivity index (χ3v) is 3.27. The molecule has 0 spiro atoms. The zero-order valence-corrected chi connectivity index (χ0v) is 11.1. The number of ether oxygens (including phenoxy) is 1. The van der Waals surface area contributed by atoms with Crippen molar-refractivity contribution in [2.75, 3.05) is 20.2 Å². The van der Waals surface area contributed by atoms with Gasteiger partial charge in [0.1, 0.15) is 18.3 Å². The average molecular weight is 264 g/mol. The Kier molecular flexibility index (Phi) is 3.81. The van der Waals surface area contributed by atoms with E-state index in [1.807, 2.05) is 24.3 Å². The Labute approximate surface area is 112 Å². The number of carbonyl (C=O) groups is 1. The Hall–Kier alpha value is -1.62. The van der Waals surface area contributed by atoms with E-state index >= 15 is 0 Å². The number of carbonyl (C=O) groups excluding carboxylic acids is 1. The van der Waals surface area contributed by atoms with Gasteiger partial charge in [-0.15, -0.1) is 0 Å². The Morgan fingerprint density at radius 1 is 1.56 bits per heavy atom. The number of nitrogens with zero attached hydrogens (tertiary/aromatic N) is 1. The summed E-state index contributed by atoms with van der Waals surface area (Å²) >= 11 is 4.81.